The summed E-state index contributed by atoms with van der Waals surface area (Å²) in [5.41, 5.74) is 12.8. The standard InChI is InChI=1S/C24H26FN5O4/c1-33-19-5-3-2-4-17(19)24(32)28-13-14-6-7-16(18(25)12-14)21-20(23(27)31)22(26)30(29-21)15-8-10-34-11-9-15/h2-7,12,15H,8-11,13,26H2,1H3,(H2,27,31)(H,28,32). The molecule has 0 spiro atoms. The highest BCUT2D eigenvalue weighted by Gasteiger charge is 2.27. The molecule has 0 bridgehead atoms. The Morgan fingerprint density at radius 2 is 1.97 bits per heavy atom. The molecule has 0 saturated carbocycles. The normalized spacial score (nSPS) is 14.1. The Labute approximate surface area is 195 Å². The molecular formula is C24H26FN5O4. The molecule has 2 aromatic carbocycles. The molecule has 1 saturated heterocycles. The number of carbonyl (C=O) groups excluding carboxylic acids is 2. The second-order valence-corrected chi connectivity index (χ2v) is 7.96. The minimum atomic E-state index is -0.779. The molecular weight excluding hydrogens is 441 g/mol. The van der Waals surface area contributed by atoms with Crippen LogP contribution in [0, 0.1) is 5.82 Å². The highest BCUT2D eigenvalue weighted by molar-refractivity contribution is 6.03. The molecule has 3 aromatic rings. The van der Waals surface area contributed by atoms with Crippen LogP contribution >= 0.6 is 0 Å². The van der Waals surface area contributed by atoms with Crippen molar-refractivity contribution in [3.8, 4) is 17.0 Å². The maximum atomic E-state index is 15.1. The van der Waals surface area contributed by atoms with Crippen LogP contribution in [0.25, 0.3) is 11.3 Å². The lowest BCUT2D eigenvalue weighted by molar-refractivity contribution is 0.0669. The van der Waals surface area contributed by atoms with Crippen molar-refractivity contribution in [3.63, 3.8) is 0 Å². The number of primary amides is 1. The largest absolute Gasteiger partial charge is 0.496 e. The molecule has 178 valence electrons. The van der Waals surface area contributed by atoms with Crippen molar-refractivity contribution in [2.75, 3.05) is 26.1 Å². The number of hydrogen-bond acceptors (Lipinski definition) is 6. The van der Waals surface area contributed by atoms with E-state index in [4.69, 9.17) is 20.9 Å². The molecule has 1 aromatic heterocycles. The summed E-state index contributed by atoms with van der Waals surface area (Å²) in [6.07, 6.45) is 1.35. The molecule has 34 heavy (non-hydrogen) atoms. The Morgan fingerprint density at radius 3 is 2.65 bits per heavy atom. The van der Waals surface area contributed by atoms with Gasteiger partial charge in [-0.3, -0.25) is 9.59 Å². The molecule has 1 aliphatic heterocycles. The summed E-state index contributed by atoms with van der Waals surface area (Å²) in [5.74, 6) is -1.18. The third-order valence-corrected chi connectivity index (χ3v) is 5.82. The Morgan fingerprint density at radius 1 is 1.24 bits per heavy atom. The fourth-order valence-electron chi connectivity index (χ4n) is 4.06. The van der Waals surface area contributed by atoms with Crippen LogP contribution in [-0.2, 0) is 11.3 Å². The Hall–Kier alpha value is -3.92. The maximum Gasteiger partial charge on any atom is 0.255 e. The lowest BCUT2D eigenvalue weighted by Crippen LogP contribution is -2.23. The molecule has 10 heteroatoms. The number of ether oxygens (including phenoxy) is 2. The highest BCUT2D eigenvalue weighted by Crippen LogP contribution is 2.33. The van der Waals surface area contributed by atoms with Crippen LogP contribution in [0.15, 0.2) is 42.5 Å². The van der Waals surface area contributed by atoms with Crippen LogP contribution in [0.2, 0.25) is 0 Å². The van der Waals surface area contributed by atoms with Crippen LogP contribution in [0.4, 0.5) is 10.2 Å². The number of anilines is 1. The average molecular weight is 468 g/mol. The number of nitrogens with two attached hydrogens (primary N) is 2. The number of nitrogen functional groups attached to an aromatic ring is 1. The number of halogens is 1. The molecule has 0 radical (unpaired) electrons. The third kappa shape index (κ3) is 4.58. The number of nitrogens with one attached hydrogen (secondary N) is 1. The third-order valence-electron chi connectivity index (χ3n) is 5.82. The van der Waals surface area contributed by atoms with E-state index in [1.54, 1.807) is 35.0 Å². The van der Waals surface area contributed by atoms with Crippen LogP contribution in [0.5, 0.6) is 5.75 Å². The first-order chi connectivity index (χ1) is 16.4. The maximum absolute atomic E-state index is 15.1. The van der Waals surface area contributed by atoms with Crippen molar-refractivity contribution in [3.05, 3.63) is 65.0 Å². The van der Waals surface area contributed by atoms with Gasteiger partial charge in [0.15, 0.2) is 0 Å². The van der Waals surface area contributed by atoms with E-state index in [0.29, 0.717) is 42.9 Å². The van der Waals surface area contributed by atoms with Gasteiger partial charge >= 0.3 is 0 Å². The van der Waals surface area contributed by atoms with E-state index in [2.05, 4.69) is 10.4 Å². The first-order valence-corrected chi connectivity index (χ1v) is 10.9. The number of methoxy groups -OCH3 is 1. The second-order valence-electron chi connectivity index (χ2n) is 7.96. The van der Waals surface area contributed by atoms with E-state index < -0.39 is 11.7 Å². The van der Waals surface area contributed by atoms with Crippen LogP contribution in [0.1, 0.15) is 45.2 Å². The number of amides is 2. The second kappa shape index (κ2) is 9.92. The molecule has 0 aliphatic carbocycles. The van der Waals surface area contributed by atoms with E-state index in [-0.39, 0.29) is 41.1 Å². The Bertz CT molecular complexity index is 1220. The van der Waals surface area contributed by atoms with Crippen molar-refractivity contribution in [2.24, 2.45) is 5.73 Å². The first kappa shape index (κ1) is 23.2. The van der Waals surface area contributed by atoms with Gasteiger partial charge in [0, 0.05) is 25.3 Å². The molecule has 5 N–H and O–H groups in total. The van der Waals surface area contributed by atoms with Crippen molar-refractivity contribution in [2.45, 2.75) is 25.4 Å². The minimum Gasteiger partial charge on any atom is -0.496 e. The summed E-state index contributed by atoms with van der Waals surface area (Å²) < 4.78 is 27.3. The van der Waals surface area contributed by atoms with E-state index in [0.717, 1.165) is 0 Å². The van der Waals surface area contributed by atoms with Crippen molar-refractivity contribution in [1.82, 2.24) is 15.1 Å². The fourth-order valence-corrected chi connectivity index (χ4v) is 4.06. The number of carbonyl (C=O) groups is 2. The predicted octanol–water partition coefficient (Wildman–Crippen LogP) is 2.66. The zero-order valence-electron chi connectivity index (χ0n) is 18.7. The topological polar surface area (TPSA) is 134 Å². The van der Waals surface area contributed by atoms with Gasteiger partial charge in [0.25, 0.3) is 11.8 Å². The molecule has 2 heterocycles. The summed E-state index contributed by atoms with van der Waals surface area (Å²) in [4.78, 5) is 24.6. The molecule has 4 rings (SSSR count). The van der Waals surface area contributed by atoms with Gasteiger partial charge in [0.2, 0.25) is 0 Å². The number of nitrogens with zero attached hydrogens (tertiary/aromatic N) is 2. The van der Waals surface area contributed by atoms with Crippen molar-refractivity contribution < 1.29 is 23.5 Å². The molecule has 0 unspecified atom stereocenters. The lowest BCUT2D eigenvalue weighted by Gasteiger charge is -2.23. The first-order valence-electron chi connectivity index (χ1n) is 10.9. The summed E-state index contributed by atoms with van der Waals surface area (Å²) in [7, 11) is 1.48. The van der Waals surface area contributed by atoms with Gasteiger partial charge in [-0.25, -0.2) is 9.07 Å². The van der Waals surface area contributed by atoms with E-state index in [1.807, 2.05) is 0 Å². The van der Waals surface area contributed by atoms with Crippen molar-refractivity contribution >= 4 is 17.6 Å². The van der Waals surface area contributed by atoms with E-state index in [1.165, 1.54) is 19.2 Å². The SMILES string of the molecule is COc1ccccc1C(=O)NCc1ccc(-c2nn(C3CCOCC3)c(N)c2C(N)=O)c(F)c1. The fraction of sp³-hybridized carbons (Fsp3) is 0.292. The number of aromatic nitrogens is 2. The van der Waals surface area contributed by atoms with Crippen LogP contribution < -0.4 is 21.5 Å². The Balaban J connectivity index is 1.57. The zero-order chi connectivity index (χ0) is 24.2. The minimum absolute atomic E-state index is 0.0115. The predicted molar refractivity (Wildman–Crippen MR) is 124 cm³/mol. The van der Waals surface area contributed by atoms with Gasteiger partial charge in [-0.1, -0.05) is 18.2 Å². The molecule has 1 aliphatic rings. The summed E-state index contributed by atoms with van der Waals surface area (Å²) in [5, 5.41) is 7.21. The number of para-hydroxylation sites is 1. The lowest BCUT2D eigenvalue weighted by atomic mass is 10.0. The number of hydrogen-bond donors (Lipinski definition) is 3. The summed E-state index contributed by atoms with van der Waals surface area (Å²) in [6, 6.07) is 11.2. The molecule has 9 nitrogen and oxygen atoms in total. The van der Waals surface area contributed by atoms with Gasteiger partial charge in [-0.15, -0.1) is 0 Å². The highest BCUT2D eigenvalue weighted by atomic mass is 19.1. The van der Waals surface area contributed by atoms with Gasteiger partial charge in [0.05, 0.1) is 18.7 Å². The smallest absolute Gasteiger partial charge is 0.255 e. The van der Waals surface area contributed by atoms with Gasteiger partial charge in [-0.05, 0) is 42.7 Å². The molecule has 1 fully saturated rings. The number of benzene rings is 2. The Kier molecular flexibility index (Phi) is 6.78. The van der Waals surface area contributed by atoms with E-state index >= 15 is 4.39 Å². The number of rotatable bonds is 7. The van der Waals surface area contributed by atoms with Gasteiger partial charge < -0.3 is 26.3 Å². The quantitative estimate of drug-likeness (QED) is 0.489. The van der Waals surface area contributed by atoms with Crippen LogP contribution in [-0.4, -0.2) is 41.9 Å². The molecule has 0 atom stereocenters. The zero-order valence-corrected chi connectivity index (χ0v) is 18.7. The van der Waals surface area contributed by atoms with Crippen LogP contribution in [0.3, 0.4) is 0 Å². The van der Waals surface area contributed by atoms with Gasteiger partial charge in [0.1, 0.15) is 28.6 Å². The van der Waals surface area contributed by atoms with Gasteiger partial charge in [-0.2, -0.15) is 5.10 Å². The monoisotopic (exact) mass is 467 g/mol. The molecule has 2 amide bonds. The summed E-state index contributed by atoms with van der Waals surface area (Å²) >= 11 is 0. The average Bonchev–Trinajstić information content (AvgIpc) is 3.20. The van der Waals surface area contributed by atoms with Crippen molar-refractivity contribution in [1.29, 1.82) is 0 Å². The van der Waals surface area contributed by atoms with E-state index in [9.17, 15) is 9.59 Å². The summed E-state index contributed by atoms with van der Waals surface area (Å²) in [6.45, 7) is 1.19.